The predicted molar refractivity (Wildman–Crippen MR) is 136 cm³/mol. The third kappa shape index (κ3) is 5.71. The van der Waals surface area contributed by atoms with E-state index in [1.165, 1.54) is 18.3 Å². The molecule has 2 aromatic heterocycles. The smallest absolute Gasteiger partial charge is 0.301 e. The molecule has 0 bridgehead atoms. The van der Waals surface area contributed by atoms with Crippen LogP contribution in [-0.4, -0.2) is 63.5 Å². The Balaban J connectivity index is 1.27. The van der Waals surface area contributed by atoms with Crippen LogP contribution in [-0.2, 0) is 9.59 Å². The summed E-state index contributed by atoms with van der Waals surface area (Å²) >= 11 is 0. The lowest BCUT2D eigenvalue weighted by atomic mass is 10.0. The number of rotatable bonds is 7. The van der Waals surface area contributed by atoms with E-state index in [9.17, 15) is 23.6 Å². The zero-order chi connectivity index (χ0) is 27.6. The number of benzene rings is 1. The first kappa shape index (κ1) is 26.2. The van der Waals surface area contributed by atoms with E-state index >= 15 is 0 Å². The Kier molecular flexibility index (Phi) is 7.21. The number of nitriles is 1. The van der Waals surface area contributed by atoms with Crippen LogP contribution in [0.5, 0.6) is 5.75 Å². The molecule has 1 aliphatic heterocycles. The van der Waals surface area contributed by atoms with Gasteiger partial charge in [-0.05, 0) is 59.4 Å². The molecule has 3 heterocycles. The number of halogens is 2. The fourth-order valence-electron chi connectivity index (χ4n) is 4.78. The molecule has 3 atom stereocenters. The predicted octanol–water partition coefficient (Wildman–Crippen LogP) is 3.36. The Bertz CT molecular complexity index is 1430. The number of pyridine rings is 2. The number of likely N-dealkylation sites (tertiary alicyclic amines) is 1. The SMILES string of the molecule is N#Cc1cc(-c2ccnc(NC(=O)[C@H]3C[C@@H]3c3cccnc3)c2)ccc1OC1CCN(C(=O)CO)CC1(F)F. The maximum absolute atomic E-state index is 14.7. The molecule has 2 aliphatic rings. The number of hydrogen-bond donors (Lipinski definition) is 2. The normalized spacial score (nSPS) is 21.5. The van der Waals surface area contributed by atoms with Gasteiger partial charge in [-0.1, -0.05) is 12.1 Å². The molecule has 39 heavy (non-hydrogen) atoms. The highest BCUT2D eigenvalue weighted by molar-refractivity contribution is 5.95. The Morgan fingerprint density at radius 3 is 2.74 bits per heavy atom. The Morgan fingerprint density at radius 1 is 1.21 bits per heavy atom. The first-order valence-electron chi connectivity index (χ1n) is 12.4. The highest BCUT2D eigenvalue weighted by Crippen LogP contribution is 2.47. The summed E-state index contributed by atoms with van der Waals surface area (Å²) in [4.78, 5) is 33.6. The molecule has 200 valence electrons. The molecular formula is C28H25F2N5O4. The summed E-state index contributed by atoms with van der Waals surface area (Å²) in [6.45, 7) is -1.70. The fraction of sp³-hybridized carbons (Fsp3) is 0.321. The van der Waals surface area contributed by atoms with Crippen LogP contribution in [0, 0.1) is 17.2 Å². The van der Waals surface area contributed by atoms with Gasteiger partial charge in [-0.3, -0.25) is 14.6 Å². The Morgan fingerprint density at radius 2 is 2.03 bits per heavy atom. The van der Waals surface area contributed by atoms with Gasteiger partial charge in [0.05, 0.1) is 12.1 Å². The van der Waals surface area contributed by atoms with Crippen LogP contribution in [0.3, 0.4) is 0 Å². The number of carbonyl (C=O) groups excluding carboxylic acids is 2. The topological polar surface area (TPSA) is 128 Å². The van der Waals surface area contributed by atoms with E-state index in [0.29, 0.717) is 16.9 Å². The number of aliphatic hydroxyl groups excluding tert-OH is 1. The fourth-order valence-corrected chi connectivity index (χ4v) is 4.78. The maximum Gasteiger partial charge on any atom is 0.301 e. The monoisotopic (exact) mass is 533 g/mol. The number of alkyl halides is 2. The summed E-state index contributed by atoms with van der Waals surface area (Å²) in [5.41, 5.74) is 2.38. The van der Waals surface area contributed by atoms with Crippen LogP contribution in [0.15, 0.2) is 61.1 Å². The molecule has 1 saturated carbocycles. The quantitative estimate of drug-likeness (QED) is 0.477. The molecule has 2 fully saturated rings. The van der Waals surface area contributed by atoms with Crippen molar-refractivity contribution in [2.45, 2.75) is 30.8 Å². The van der Waals surface area contributed by atoms with Gasteiger partial charge in [0, 0.05) is 37.5 Å². The lowest BCUT2D eigenvalue weighted by Crippen LogP contribution is -2.55. The van der Waals surface area contributed by atoms with Crippen LogP contribution in [0.1, 0.15) is 29.9 Å². The molecule has 9 nitrogen and oxygen atoms in total. The number of aromatic nitrogens is 2. The molecule has 11 heteroatoms. The van der Waals surface area contributed by atoms with Crippen molar-refractivity contribution in [1.29, 1.82) is 5.26 Å². The van der Waals surface area contributed by atoms with Crippen LogP contribution in [0.25, 0.3) is 11.1 Å². The Labute approximate surface area is 223 Å². The van der Waals surface area contributed by atoms with Gasteiger partial charge >= 0.3 is 5.92 Å². The molecule has 2 N–H and O–H groups in total. The molecule has 1 aliphatic carbocycles. The lowest BCUT2D eigenvalue weighted by molar-refractivity contribution is -0.161. The van der Waals surface area contributed by atoms with E-state index in [1.807, 2.05) is 18.2 Å². The highest BCUT2D eigenvalue weighted by atomic mass is 19.3. The van der Waals surface area contributed by atoms with Crippen molar-refractivity contribution in [3.8, 4) is 22.9 Å². The number of nitrogens with one attached hydrogen (secondary N) is 1. The Hall–Kier alpha value is -4.43. The molecule has 5 rings (SSSR count). The highest BCUT2D eigenvalue weighted by Gasteiger charge is 2.48. The molecule has 2 amide bonds. The number of carbonyl (C=O) groups is 2. The van der Waals surface area contributed by atoms with E-state index < -0.39 is 31.1 Å². The van der Waals surface area contributed by atoms with Gasteiger partial charge < -0.3 is 20.1 Å². The number of aliphatic hydroxyl groups is 1. The van der Waals surface area contributed by atoms with Crippen molar-refractivity contribution in [3.05, 3.63) is 72.2 Å². The van der Waals surface area contributed by atoms with Gasteiger partial charge in [0.2, 0.25) is 11.8 Å². The minimum atomic E-state index is -3.36. The standard InChI is InChI=1S/C28H25F2N5O4/c29-28(30)16-35(26(37)15-36)9-6-24(28)39-23-4-3-17(10-20(23)13-31)18-5-8-33-25(11-18)34-27(38)22-12-21(22)19-2-1-7-32-14-19/h1-5,7-8,10-11,14,21-22,24,36H,6,9,12,15-16H2,(H,33,34,38)/t21-,22+,24?/m1/s1. The number of anilines is 1. The van der Waals surface area contributed by atoms with E-state index in [1.54, 1.807) is 30.6 Å². The van der Waals surface area contributed by atoms with Crippen molar-refractivity contribution in [1.82, 2.24) is 14.9 Å². The lowest BCUT2D eigenvalue weighted by Gasteiger charge is -2.38. The van der Waals surface area contributed by atoms with Crippen LogP contribution < -0.4 is 10.1 Å². The van der Waals surface area contributed by atoms with Gasteiger partial charge in [-0.2, -0.15) is 5.26 Å². The first-order valence-corrected chi connectivity index (χ1v) is 12.4. The summed E-state index contributed by atoms with van der Waals surface area (Å²) in [6, 6.07) is 13.8. The van der Waals surface area contributed by atoms with Gasteiger partial charge in [0.1, 0.15) is 24.2 Å². The summed E-state index contributed by atoms with van der Waals surface area (Å²) in [7, 11) is 0. The summed E-state index contributed by atoms with van der Waals surface area (Å²) in [5.74, 6) is -3.93. The van der Waals surface area contributed by atoms with Gasteiger partial charge in [-0.15, -0.1) is 0 Å². The van der Waals surface area contributed by atoms with Crippen molar-refractivity contribution in [2.24, 2.45) is 5.92 Å². The molecule has 1 saturated heterocycles. The van der Waals surface area contributed by atoms with Crippen molar-refractivity contribution in [3.63, 3.8) is 0 Å². The maximum atomic E-state index is 14.7. The largest absolute Gasteiger partial charge is 0.483 e. The zero-order valence-corrected chi connectivity index (χ0v) is 20.8. The second-order valence-electron chi connectivity index (χ2n) is 9.61. The summed E-state index contributed by atoms with van der Waals surface area (Å²) in [5, 5.41) is 21.5. The molecule has 0 spiro atoms. The average molecular weight is 534 g/mol. The average Bonchev–Trinajstić information content (AvgIpc) is 3.76. The number of hydrogen-bond acceptors (Lipinski definition) is 7. The molecule has 1 unspecified atom stereocenters. The van der Waals surface area contributed by atoms with Gasteiger partial charge in [0.25, 0.3) is 0 Å². The number of ether oxygens (including phenoxy) is 1. The van der Waals surface area contributed by atoms with Crippen molar-refractivity contribution >= 4 is 17.6 Å². The zero-order valence-electron chi connectivity index (χ0n) is 20.8. The summed E-state index contributed by atoms with van der Waals surface area (Å²) < 4.78 is 34.9. The van der Waals surface area contributed by atoms with E-state index in [0.717, 1.165) is 16.9 Å². The third-order valence-corrected chi connectivity index (χ3v) is 6.98. The minimum Gasteiger partial charge on any atom is -0.483 e. The second kappa shape index (κ2) is 10.7. The molecule has 0 radical (unpaired) electrons. The van der Waals surface area contributed by atoms with Gasteiger partial charge in [-0.25, -0.2) is 13.8 Å². The summed E-state index contributed by atoms with van der Waals surface area (Å²) in [6.07, 6.45) is 4.04. The van der Waals surface area contributed by atoms with E-state index in [2.05, 4.69) is 15.3 Å². The number of piperidine rings is 1. The van der Waals surface area contributed by atoms with Crippen LogP contribution in [0.4, 0.5) is 14.6 Å². The van der Waals surface area contributed by atoms with Crippen molar-refractivity contribution < 1.29 is 28.2 Å². The molecule has 1 aromatic carbocycles. The van der Waals surface area contributed by atoms with Crippen LogP contribution >= 0.6 is 0 Å². The molecule has 3 aromatic rings. The van der Waals surface area contributed by atoms with Crippen LogP contribution in [0.2, 0.25) is 0 Å². The first-order chi connectivity index (χ1) is 18.8. The van der Waals surface area contributed by atoms with Gasteiger partial charge in [0.15, 0.2) is 6.10 Å². The van der Waals surface area contributed by atoms with E-state index in [-0.39, 0.29) is 42.0 Å². The molecular weight excluding hydrogens is 508 g/mol. The minimum absolute atomic E-state index is 0.00520. The van der Waals surface area contributed by atoms with Crippen molar-refractivity contribution in [2.75, 3.05) is 25.0 Å². The second-order valence-corrected chi connectivity index (χ2v) is 9.61. The third-order valence-electron chi connectivity index (χ3n) is 6.98. The number of amides is 2. The number of nitrogens with zero attached hydrogens (tertiary/aromatic N) is 4. The van der Waals surface area contributed by atoms with E-state index in [4.69, 9.17) is 9.84 Å².